The third kappa shape index (κ3) is 2.63. The first kappa shape index (κ1) is 14.8. The van der Waals surface area contributed by atoms with E-state index in [-0.39, 0.29) is 5.91 Å². The van der Waals surface area contributed by atoms with Crippen LogP contribution in [-0.2, 0) is 27.1 Å². The second-order valence-electron chi connectivity index (χ2n) is 6.13. The van der Waals surface area contributed by atoms with Gasteiger partial charge in [0.05, 0.1) is 7.11 Å². The van der Waals surface area contributed by atoms with E-state index < -0.39 is 5.79 Å². The van der Waals surface area contributed by atoms with Gasteiger partial charge < -0.3 is 19.1 Å². The van der Waals surface area contributed by atoms with Crippen molar-refractivity contribution in [2.45, 2.75) is 38.9 Å². The van der Waals surface area contributed by atoms with Gasteiger partial charge >= 0.3 is 0 Å². The van der Waals surface area contributed by atoms with Crippen molar-refractivity contribution in [2.24, 2.45) is 0 Å². The van der Waals surface area contributed by atoms with E-state index in [1.54, 1.807) is 18.3 Å². The van der Waals surface area contributed by atoms with Gasteiger partial charge in [-0.15, -0.1) is 0 Å². The minimum Gasteiger partial charge on any atom is -0.496 e. The van der Waals surface area contributed by atoms with Crippen molar-refractivity contribution in [3.8, 4) is 5.75 Å². The van der Waals surface area contributed by atoms with Gasteiger partial charge in [0.1, 0.15) is 17.8 Å². The summed E-state index contributed by atoms with van der Waals surface area (Å²) >= 11 is 0. The van der Waals surface area contributed by atoms with Crippen molar-refractivity contribution < 1.29 is 19.0 Å². The average Bonchev–Trinajstić information content (AvgIpc) is 2.82. The molecule has 0 saturated heterocycles. The van der Waals surface area contributed by atoms with E-state index in [9.17, 15) is 4.79 Å². The molecule has 0 aliphatic carbocycles. The maximum Gasteiger partial charge on any atom is 0.244 e. The van der Waals surface area contributed by atoms with Crippen molar-refractivity contribution in [3.63, 3.8) is 0 Å². The van der Waals surface area contributed by atoms with Gasteiger partial charge in [0.25, 0.3) is 0 Å². The van der Waals surface area contributed by atoms with Crippen LogP contribution in [0.1, 0.15) is 31.4 Å². The van der Waals surface area contributed by atoms with E-state index in [1.165, 1.54) is 0 Å². The molecule has 0 N–H and O–H groups in total. The predicted molar refractivity (Wildman–Crippen MR) is 82.8 cm³/mol. The number of methoxy groups -OCH3 is 1. The largest absolute Gasteiger partial charge is 0.496 e. The summed E-state index contributed by atoms with van der Waals surface area (Å²) in [5.74, 6) is 1.09. The number of fused-ring (bicyclic) bond motifs is 1. The lowest BCUT2D eigenvalue weighted by Crippen LogP contribution is -2.31. The Hall–Kier alpha value is -2.17. The smallest absolute Gasteiger partial charge is 0.244 e. The first-order valence-electron chi connectivity index (χ1n) is 7.42. The number of carbonyl (C=O) groups excluding carboxylic acids is 1. The minimum atomic E-state index is -0.621. The molecule has 1 aromatic rings. The van der Waals surface area contributed by atoms with Crippen LogP contribution in [0.15, 0.2) is 24.2 Å². The van der Waals surface area contributed by atoms with Gasteiger partial charge in [0.15, 0.2) is 0 Å². The fourth-order valence-corrected chi connectivity index (χ4v) is 2.87. The maximum absolute atomic E-state index is 11.9. The second-order valence-corrected chi connectivity index (χ2v) is 6.13. The number of aryl methyl sites for hydroxylation is 1. The van der Waals surface area contributed by atoms with Crippen molar-refractivity contribution in [1.29, 1.82) is 0 Å². The lowest BCUT2D eigenvalue weighted by molar-refractivity contribution is -0.118. The maximum atomic E-state index is 11.9. The van der Waals surface area contributed by atoms with E-state index in [2.05, 4.69) is 0 Å². The highest BCUT2D eigenvalue weighted by atomic mass is 16.7. The Labute approximate surface area is 130 Å². The number of amides is 1. The first-order valence-corrected chi connectivity index (χ1v) is 7.42. The van der Waals surface area contributed by atoms with E-state index in [0.717, 1.165) is 34.7 Å². The fraction of sp³-hybridized carbons (Fsp3) is 0.471. The van der Waals surface area contributed by atoms with Crippen LogP contribution in [0.3, 0.4) is 0 Å². The Morgan fingerprint density at radius 3 is 2.73 bits per heavy atom. The SMILES string of the molecule is COc1cc2c(cc1CC1=COC(C)(C)O1)N(C)C(=O)CC2. The quantitative estimate of drug-likeness (QED) is 0.861. The zero-order chi connectivity index (χ0) is 15.9. The third-order valence-electron chi connectivity index (χ3n) is 4.04. The van der Waals surface area contributed by atoms with E-state index in [0.29, 0.717) is 12.8 Å². The highest BCUT2D eigenvalue weighted by Crippen LogP contribution is 2.36. The van der Waals surface area contributed by atoms with Crippen molar-refractivity contribution >= 4 is 11.6 Å². The normalized spacial score (nSPS) is 19.2. The number of hydrogen-bond donors (Lipinski definition) is 0. The molecule has 2 heterocycles. The Kier molecular flexibility index (Phi) is 3.51. The van der Waals surface area contributed by atoms with Crippen LogP contribution in [-0.4, -0.2) is 25.9 Å². The second kappa shape index (κ2) is 5.23. The molecule has 2 aliphatic heterocycles. The lowest BCUT2D eigenvalue weighted by Gasteiger charge is -2.27. The summed E-state index contributed by atoms with van der Waals surface area (Å²) in [5, 5.41) is 0. The number of rotatable bonds is 3. The topological polar surface area (TPSA) is 48.0 Å². The Morgan fingerprint density at radius 2 is 2.09 bits per heavy atom. The molecule has 118 valence electrons. The monoisotopic (exact) mass is 303 g/mol. The molecular weight excluding hydrogens is 282 g/mol. The summed E-state index contributed by atoms with van der Waals surface area (Å²) in [7, 11) is 3.47. The van der Waals surface area contributed by atoms with Gasteiger partial charge in [0.2, 0.25) is 11.7 Å². The van der Waals surface area contributed by atoms with Crippen LogP contribution < -0.4 is 9.64 Å². The van der Waals surface area contributed by atoms with Crippen LogP contribution >= 0.6 is 0 Å². The predicted octanol–water partition coefficient (Wildman–Crippen LogP) is 2.77. The van der Waals surface area contributed by atoms with Gasteiger partial charge in [-0.2, -0.15) is 0 Å². The Morgan fingerprint density at radius 1 is 1.32 bits per heavy atom. The Balaban J connectivity index is 1.92. The number of nitrogens with zero attached hydrogens (tertiary/aromatic N) is 1. The molecule has 0 unspecified atom stereocenters. The van der Waals surface area contributed by atoms with Crippen molar-refractivity contribution in [2.75, 3.05) is 19.1 Å². The molecule has 0 saturated carbocycles. The highest BCUT2D eigenvalue weighted by Gasteiger charge is 2.29. The zero-order valence-electron chi connectivity index (χ0n) is 13.4. The lowest BCUT2D eigenvalue weighted by atomic mass is 9.97. The molecule has 1 amide bonds. The van der Waals surface area contributed by atoms with Crippen LogP contribution in [0.5, 0.6) is 5.75 Å². The number of ether oxygens (including phenoxy) is 3. The summed E-state index contributed by atoms with van der Waals surface area (Å²) < 4.78 is 16.7. The molecule has 0 fully saturated rings. The number of carbonyl (C=O) groups is 1. The summed E-state index contributed by atoms with van der Waals surface area (Å²) in [6.45, 7) is 3.74. The third-order valence-corrected chi connectivity index (χ3v) is 4.04. The molecule has 0 aromatic heterocycles. The number of allylic oxidation sites excluding steroid dienone is 1. The molecule has 5 nitrogen and oxygen atoms in total. The summed E-state index contributed by atoms with van der Waals surface area (Å²) in [5.41, 5.74) is 3.07. The van der Waals surface area contributed by atoms with Gasteiger partial charge in [-0.1, -0.05) is 0 Å². The number of benzene rings is 1. The molecule has 2 aliphatic rings. The molecule has 0 spiro atoms. The molecule has 0 bridgehead atoms. The molecule has 0 radical (unpaired) electrons. The molecule has 1 aromatic carbocycles. The van der Waals surface area contributed by atoms with Gasteiger partial charge in [-0.3, -0.25) is 4.79 Å². The number of hydrogen-bond acceptors (Lipinski definition) is 4. The van der Waals surface area contributed by atoms with E-state index in [1.807, 2.05) is 33.0 Å². The van der Waals surface area contributed by atoms with Crippen LogP contribution in [0, 0.1) is 0 Å². The van der Waals surface area contributed by atoms with E-state index >= 15 is 0 Å². The first-order chi connectivity index (χ1) is 10.4. The molecular formula is C17H21NO4. The van der Waals surface area contributed by atoms with Gasteiger partial charge in [-0.25, -0.2) is 0 Å². The summed E-state index contributed by atoms with van der Waals surface area (Å²) in [6.07, 6.45) is 3.52. The summed E-state index contributed by atoms with van der Waals surface area (Å²) in [4.78, 5) is 13.6. The fourth-order valence-electron chi connectivity index (χ4n) is 2.87. The van der Waals surface area contributed by atoms with E-state index in [4.69, 9.17) is 14.2 Å². The van der Waals surface area contributed by atoms with Crippen LogP contribution in [0.25, 0.3) is 0 Å². The average molecular weight is 303 g/mol. The Bertz CT molecular complexity index is 648. The van der Waals surface area contributed by atoms with Crippen LogP contribution in [0.2, 0.25) is 0 Å². The minimum absolute atomic E-state index is 0.143. The highest BCUT2D eigenvalue weighted by molar-refractivity contribution is 5.96. The number of anilines is 1. The van der Waals surface area contributed by atoms with Crippen molar-refractivity contribution in [3.05, 3.63) is 35.3 Å². The molecule has 22 heavy (non-hydrogen) atoms. The molecule has 3 rings (SSSR count). The van der Waals surface area contributed by atoms with Gasteiger partial charge in [-0.05, 0) is 24.1 Å². The van der Waals surface area contributed by atoms with Crippen LogP contribution in [0.4, 0.5) is 5.69 Å². The molecule has 0 atom stereocenters. The van der Waals surface area contributed by atoms with Gasteiger partial charge in [0, 0.05) is 45.0 Å². The zero-order valence-corrected chi connectivity index (χ0v) is 13.4. The molecule has 5 heteroatoms. The van der Waals surface area contributed by atoms with Crippen molar-refractivity contribution in [1.82, 2.24) is 0 Å². The standard InChI is InChI=1S/C17H21NO4/c1-17(2)21-10-13(22-17)7-12-8-14-11(9-15(12)20-4)5-6-16(19)18(14)3/h8-10H,5-7H2,1-4H3. The summed E-state index contributed by atoms with van der Waals surface area (Å²) in [6, 6.07) is 4.04.